The zero-order chi connectivity index (χ0) is 8.97. The molecule has 5 N–H and O–H groups in total. The van der Waals surface area contributed by atoms with Crippen molar-refractivity contribution < 1.29 is 4.74 Å². The van der Waals surface area contributed by atoms with Crippen LogP contribution in [0.4, 0.5) is 0 Å². The van der Waals surface area contributed by atoms with Crippen molar-refractivity contribution in [1.82, 2.24) is 5.43 Å². The van der Waals surface area contributed by atoms with Gasteiger partial charge in [-0.3, -0.25) is 5.43 Å². The van der Waals surface area contributed by atoms with Gasteiger partial charge < -0.3 is 10.5 Å². The lowest BCUT2D eigenvalue weighted by Gasteiger charge is -2.24. The fourth-order valence-electron chi connectivity index (χ4n) is 1.33. The molecule has 1 rings (SSSR count). The Kier molecular flexibility index (Phi) is 3.31. The molecule has 0 spiro atoms. The van der Waals surface area contributed by atoms with E-state index in [2.05, 4.69) is 10.4 Å². The van der Waals surface area contributed by atoms with Gasteiger partial charge in [-0.25, -0.2) is 10.8 Å². The Morgan fingerprint density at radius 1 is 1.67 bits per heavy atom. The molecular weight excluding hydrogens is 156 g/mol. The number of hydrazine groups is 1. The molecule has 0 aliphatic carbocycles. The summed E-state index contributed by atoms with van der Waals surface area (Å²) in [6.07, 6.45) is 2.12. The molecule has 0 amide bonds. The fraction of sp³-hybridized carbons (Fsp3) is 0.857. The molecule has 1 aliphatic heterocycles. The van der Waals surface area contributed by atoms with Gasteiger partial charge >= 0.3 is 0 Å². The van der Waals surface area contributed by atoms with Crippen LogP contribution in [-0.2, 0) is 4.74 Å². The van der Waals surface area contributed by atoms with Crippen LogP contribution in [0, 0.1) is 0 Å². The highest BCUT2D eigenvalue weighted by Crippen LogP contribution is 2.15. The van der Waals surface area contributed by atoms with Gasteiger partial charge in [0.1, 0.15) is 0 Å². The minimum Gasteiger partial charge on any atom is -0.378 e. The molecule has 1 aliphatic rings. The number of ether oxygens (including phenoxy) is 1. The highest BCUT2D eigenvalue weighted by Gasteiger charge is 2.18. The molecule has 2 atom stereocenters. The molecule has 0 aromatic heterocycles. The Balaban J connectivity index is 2.41. The molecule has 1 heterocycles. The Bertz CT molecular complexity index is 171. The second kappa shape index (κ2) is 4.27. The number of nitrogens with two attached hydrogens (primary N) is 2. The standard InChI is InChI=1S/C7H16N4O/c1-5-4-6(2-3-12-5)10-7(8)11-9/h5-6H,2-4,9H2,1H3,(H3,8,10,11). The minimum atomic E-state index is 0.254. The van der Waals surface area contributed by atoms with Gasteiger partial charge in [0.15, 0.2) is 0 Å². The molecule has 12 heavy (non-hydrogen) atoms. The van der Waals surface area contributed by atoms with Gasteiger partial charge in [0.25, 0.3) is 0 Å². The zero-order valence-corrected chi connectivity index (χ0v) is 7.29. The lowest BCUT2D eigenvalue weighted by Crippen LogP contribution is -2.39. The first-order chi connectivity index (χ1) is 5.72. The van der Waals surface area contributed by atoms with Crippen LogP contribution in [0.1, 0.15) is 19.8 Å². The SMILES string of the molecule is CC1CC(N=C(N)NN)CCO1. The topological polar surface area (TPSA) is 85.7 Å². The second-order valence-corrected chi connectivity index (χ2v) is 3.02. The molecule has 0 aromatic carbocycles. The van der Waals surface area contributed by atoms with Crippen LogP contribution in [0.3, 0.4) is 0 Å². The van der Waals surface area contributed by atoms with E-state index in [0.717, 1.165) is 19.4 Å². The molecular formula is C7H16N4O. The van der Waals surface area contributed by atoms with E-state index in [0.29, 0.717) is 5.96 Å². The van der Waals surface area contributed by atoms with Crippen molar-refractivity contribution in [3.8, 4) is 0 Å². The van der Waals surface area contributed by atoms with Crippen LogP contribution in [-0.4, -0.2) is 24.7 Å². The number of aliphatic imine (C=N–C) groups is 1. The first-order valence-corrected chi connectivity index (χ1v) is 4.14. The molecule has 70 valence electrons. The van der Waals surface area contributed by atoms with E-state index in [1.54, 1.807) is 0 Å². The number of hydrogen-bond acceptors (Lipinski definition) is 3. The normalized spacial score (nSPS) is 31.7. The van der Waals surface area contributed by atoms with Crippen LogP contribution >= 0.6 is 0 Å². The third-order valence-corrected chi connectivity index (χ3v) is 1.93. The van der Waals surface area contributed by atoms with Crippen molar-refractivity contribution in [2.45, 2.75) is 31.9 Å². The Morgan fingerprint density at radius 2 is 2.42 bits per heavy atom. The maximum atomic E-state index is 5.42. The summed E-state index contributed by atoms with van der Waals surface area (Å²) < 4.78 is 5.36. The van der Waals surface area contributed by atoms with Crippen LogP contribution in [0.15, 0.2) is 4.99 Å². The lowest BCUT2D eigenvalue weighted by atomic mass is 10.1. The average Bonchev–Trinajstić information content (AvgIpc) is 2.04. The van der Waals surface area contributed by atoms with Gasteiger partial charge in [0, 0.05) is 6.61 Å². The Morgan fingerprint density at radius 3 is 3.00 bits per heavy atom. The molecule has 0 saturated carbocycles. The number of hydrogen-bond donors (Lipinski definition) is 3. The molecule has 0 aromatic rings. The predicted molar refractivity (Wildman–Crippen MR) is 47.4 cm³/mol. The van der Waals surface area contributed by atoms with Gasteiger partial charge in [0.2, 0.25) is 5.96 Å². The van der Waals surface area contributed by atoms with Gasteiger partial charge in [-0.2, -0.15) is 0 Å². The first-order valence-electron chi connectivity index (χ1n) is 4.14. The molecule has 1 fully saturated rings. The predicted octanol–water partition coefficient (Wildman–Crippen LogP) is -0.668. The van der Waals surface area contributed by atoms with Gasteiger partial charge in [-0.1, -0.05) is 0 Å². The van der Waals surface area contributed by atoms with Gasteiger partial charge in [-0.05, 0) is 19.8 Å². The summed E-state index contributed by atoms with van der Waals surface area (Å²) in [5.74, 6) is 5.39. The van der Waals surface area contributed by atoms with Crippen molar-refractivity contribution in [1.29, 1.82) is 0 Å². The van der Waals surface area contributed by atoms with E-state index < -0.39 is 0 Å². The minimum absolute atomic E-state index is 0.254. The number of nitrogens with one attached hydrogen (secondary N) is 1. The summed E-state index contributed by atoms with van der Waals surface area (Å²) in [7, 11) is 0. The zero-order valence-electron chi connectivity index (χ0n) is 7.29. The Labute approximate surface area is 72.1 Å². The summed E-state index contributed by atoms with van der Waals surface area (Å²) in [6.45, 7) is 2.79. The maximum absolute atomic E-state index is 5.42. The van der Waals surface area contributed by atoms with Gasteiger partial charge in [-0.15, -0.1) is 0 Å². The van der Waals surface area contributed by atoms with E-state index in [-0.39, 0.29) is 12.1 Å². The van der Waals surface area contributed by atoms with Crippen molar-refractivity contribution in [3.63, 3.8) is 0 Å². The molecule has 5 heteroatoms. The summed E-state index contributed by atoms with van der Waals surface area (Å²) in [6, 6.07) is 0.254. The molecule has 1 saturated heterocycles. The van der Waals surface area contributed by atoms with Crippen LogP contribution in [0.5, 0.6) is 0 Å². The summed E-state index contributed by atoms with van der Waals surface area (Å²) in [4.78, 5) is 4.18. The molecule has 2 unspecified atom stereocenters. The smallest absolute Gasteiger partial charge is 0.203 e. The van der Waals surface area contributed by atoms with Crippen LogP contribution in [0.2, 0.25) is 0 Å². The van der Waals surface area contributed by atoms with Crippen molar-refractivity contribution in [2.24, 2.45) is 16.6 Å². The maximum Gasteiger partial charge on any atom is 0.203 e. The van der Waals surface area contributed by atoms with E-state index >= 15 is 0 Å². The van der Waals surface area contributed by atoms with E-state index in [1.165, 1.54) is 0 Å². The quantitative estimate of drug-likeness (QED) is 0.212. The third-order valence-electron chi connectivity index (χ3n) is 1.93. The molecule has 5 nitrogen and oxygen atoms in total. The van der Waals surface area contributed by atoms with Crippen molar-refractivity contribution in [2.75, 3.05) is 6.61 Å². The number of guanidine groups is 1. The average molecular weight is 172 g/mol. The summed E-state index contributed by atoms with van der Waals surface area (Å²) in [5.41, 5.74) is 7.74. The van der Waals surface area contributed by atoms with Crippen LogP contribution in [0.25, 0.3) is 0 Å². The van der Waals surface area contributed by atoms with E-state index in [9.17, 15) is 0 Å². The second-order valence-electron chi connectivity index (χ2n) is 3.02. The summed E-state index contributed by atoms with van der Waals surface area (Å²) >= 11 is 0. The first kappa shape index (κ1) is 9.28. The Hall–Kier alpha value is -0.810. The van der Waals surface area contributed by atoms with E-state index in [1.807, 2.05) is 6.92 Å². The fourth-order valence-corrected chi connectivity index (χ4v) is 1.33. The molecule has 0 bridgehead atoms. The lowest BCUT2D eigenvalue weighted by molar-refractivity contribution is 0.0204. The van der Waals surface area contributed by atoms with Gasteiger partial charge in [0.05, 0.1) is 12.1 Å². The number of rotatable bonds is 1. The van der Waals surface area contributed by atoms with E-state index in [4.69, 9.17) is 16.3 Å². The van der Waals surface area contributed by atoms with Crippen LogP contribution < -0.4 is 17.0 Å². The molecule has 0 radical (unpaired) electrons. The number of nitrogens with zero attached hydrogens (tertiary/aromatic N) is 1. The highest BCUT2D eigenvalue weighted by atomic mass is 16.5. The van der Waals surface area contributed by atoms with Crippen molar-refractivity contribution >= 4 is 5.96 Å². The summed E-state index contributed by atoms with van der Waals surface area (Å²) in [5, 5.41) is 0. The monoisotopic (exact) mass is 172 g/mol. The third kappa shape index (κ3) is 2.67. The largest absolute Gasteiger partial charge is 0.378 e. The highest BCUT2D eigenvalue weighted by molar-refractivity contribution is 5.77. The van der Waals surface area contributed by atoms with Crippen molar-refractivity contribution in [3.05, 3.63) is 0 Å².